The highest BCUT2D eigenvalue weighted by molar-refractivity contribution is 6.06. The number of halogens is 2. The first kappa shape index (κ1) is 14.2. The maximum atomic E-state index is 13.6. The fourth-order valence-electron chi connectivity index (χ4n) is 2.46. The van der Waals surface area contributed by atoms with E-state index in [0.717, 1.165) is 23.4 Å². The Hall–Kier alpha value is -2.76. The van der Waals surface area contributed by atoms with Crippen LogP contribution in [0.2, 0.25) is 0 Å². The van der Waals surface area contributed by atoms with E-state index < -0.39 is 23.1 Å². The van der Waals surface area contributed by atoms with Crippen molar-refractivity contribution < 1.29 is 18.4 Å². The minimum atomic E-state index is -0.923. The van der Waals surface area contributed by atoms with Crippen LogP contribution in [0.25, 0.3) is 0 Å². The van der Waals surface area contributed by atoms with Gasteiger partial charge in [0.25, 0.3) is 5.91 Å². The summed E-state index contributed by atoms with van der Waals surface area (Å²) in [5.74, 6) is -2.76. The summed E-state index contributed by atoms with van der Waals surface area (Å²) >= 11 is 0. The van der Waals surface area contributed by atoms with E-state index in [0.29, 0.717) is 5.69 Å². The maximum absolute atomic E-state index is 13.6. The summed E-state index contributed by atoms with van der Waals surface area (Å²) in [4.78, 5) is 25.2. The molecule has 2 aromatic rings. The van der Waals surface area contributed by atoms with Gasteiger partial charge in [-0.25, -0.2) is 8.78 Å². The molecule has 4 nitrogen and oxygen atoms in total. The van der Waals surface area contributed by atoms with Gasteiger partial charge in [-0.1, -0.05) is 6.07 Å². The van der Waals surface area contributed by atoms with Crippen LogP contribution < -0.4 is 10.2 Å². The third-order valence-electron chi connectivity index (χ3n) is 3.60. The number of likely N-dealkylation sites (N-methyl/N-ethyl adjacent to an activating group) is 1. The SMILES string of the molecule is CN1C(=O)Cc2cc(NC(=O)c3c(F)cccc3F)ccc21. The number of rotatable bonds is 2. The van der Waals surface area contributed by atoms with Crippen molar-refractivity contribution in [1.29, 1.82) is 0 Å². The molecule has 0 radical (unpaired) electrons. The zero-order valence-corrected chi connectivity index (χ0v) is 11.7. The summed E-state index contributed by atoms with van der Waals surface area (Å²) in [6.07, 6.45) is 0.240. The quantitative estimate of drug-likeness (QED) is 0.927. The molecule has 0 fully saturated rings. The van der Waals surface area contributed by atoms with Crippen LogP contribution in [-0.4, -0.2) is 18.9 Å². The highest BCUT2D eigenvalue weighted by Gasteiger charge is 2.24. The van der Waals surface area contributed by atoms with Gasteiger partial charge in [-0.15, -0.1) is 0 Å². The second kappa shape index (κ2) is 5.22. The molecule has 1 aliphatic rings. The molecule has 0 atom stereocenters. The Morgan fingerprint density at radius 1 is 1.18 bits per heavy atom. The molecule has 22 heavy (non-hydrogen) atoms. The van der Waals surface area contributed by atoms with Gasteiger partial charge >= 0.3 is 0 Å². The van der Waals surface area contributed by atoms with Crippen molar-refractivity contribution in [3.63, 3.8) is 0 Å². The largest absolute Gasteiger partial charge is 0.322 e. The Morgan fingerprint density at radius 2 is 1.86 bits per heavy atom. The van der Waals surface area contributed by atoms with Gasteiger partial charge in [0.1, 0.15) is 17.2 Å². The third-order valence-corrected chi connectivity index (χ3v) is 3.60. The lowest BCUT2D eigenvalue weighted by atomic mass is 10.1. The Morgan fingerprint density at radius 3 is 2.55 bits per heavy atom. The smallest absolute Gasteiger partial charge is 0.261 e. The number of hydrogen-bond donors (Lipinski definition) is 1. The summed E-state index contributed by atoms with van der Waals surface area (Å²) in [5.41, 5.74) is 1.28. The summed E-state index contributed by atoms with van der Waals surface area (Å²) in [5, 5.41) is 2.45. The molecule has 0 unspecified atom stereocenters. The van der Waals surface area contributed by atoms with Crippen LogP contribution in [0, 0.1) is 11.6 Å². The summed E-state index contributed by atoms with van der Waals surface area (Å²) in [6, 6.07) is 8.15. The van der Waals surface area contributed by atoms with E-state index in [-0.39, 0.29) is 12.3 Å². The Bertz CT molecular complexity index is 769. The predicted molar refractivity (Wildman–Crippen MR) is 77.9 cm³/mol. The van der Waals surface area contributed by atoms with Crippen molar-refractivity contribution in [3.8, 4) is 0 Å². The number of carbonyl (C=O) groups excluding carboxylic acids is 2. The first-order chi connectivity index (χ1) is 10.5. The van der Waals surface area contributed by atoms with E-state index in [2.05, 4.69) is 5.32 Å². The van der Waals surface area contributed by atoms with Crippen molar-refractivity contribution in [2.24, 2.45) is 0 Å². The molecule has 0 bridgehead atoms. The number of anilines is 2. The second-order valence-corrected chi connectivity index (χ2v) is 5.02. The van der Waals surface area contributed by atoms with E-state index in [1.807, 2.05) is 0 Å². The molecule has 0 aromatic heterocycles. The molecule has 1 heterocycles. The van der Waals surface area contributed by atoms with Crippen molar-refractivity contribution in [1.82, 2.24) is 0 Å². The van der Waals surface area contributed by atoms with Gasteiger partial charge in [0.2, 0.25) is 5.91 Å². The average molecular weight is 302 g/mol. The fraction of sp³-hybridized carbons (Fsp3) is 0.125. The van der Waals surface area contributed by atoms with Crippen LogP contribution in [0.4, 0.5) is 20.2 Å². The average Bonchev–Trinajstić information content (AvgIpc) is 2.73. The molecule has 112 valence electrons. The number of carbonyl (C=O) groups is 2. The van der Waals surface area contributed by atoms with Crippen LogP contribution in [0.1, 0.15) is 15.9 Å². The Labute approximate surface area is 125 Å². The number of amides is 2. The molecule has 1 N–H and O–H groups in total. The fourth-order valence-corrected chi connectivity index (χ4v) is 2.46. The van der Waals surface area contributed by atoms with Gasteiger partial charge in [-0.3, -0.25) is 9.59 Å². The van der Waals surface area contributed by atoms with E-state index >= 15 is 0 Å². The molecule has 1 aliphatic heterocycles. The molecule has 2 aromatic carbocycles. The zero-order valence-electron chi connectivity index (χ0n) is 11.7. The van der Waals surface area contributed by atoms with Gasteiger partial charge in [0.15, 0.2) is 0 Å². The Kier molecular flexibility index (Phi) is 3.36. The normalized spacial score (nSPS) is 13.2. The lowest BCUT2D eigenvalue weighted by Crippen LogP contribution is -2.20. The van der Waals surface area contributed by atoms with Crippen molar-refractivity contribution in [3.05, 3.63) is 59.2 Å². The van der Waals surface area contributed by atoms with E-state index in [9.17, 15) is 18.4 Å². The van der Waals surface area contributed by atoms with Gasteiger partial charge in [0.05, 0.1) is 6.42 Å². The molecule has 2 amide bonds. The molecular formula is C16H12F2N2O2. The summed E-state index contributed by atoms with van der Waals surface area (Å²) in [7, 11) is 1.67. The Balaban J connectivity index is 1.87. The molecule has 0 saturated carbocycles. The van der Waals surface area contributed by atoms with Crippen molar-refractivity contribution >= 4 is 23.2 Å². The van der Waals surface area contributed by atoms with Gasteiger partial charge in [-0.2, -0.15) is 0 Å². The lowest BCUT2D eigenvalue weighted by molar-refractivity contribution is -0.117. The lowest BCUT2D eigenvalue weighted by Gasteiger charge is -2.11. The van der Waals surface area contributed by atoms with Gasteiger partial charge in [-0.05, 0) is 35.9 Å². The number of hydrogen-bond acceptors (Lipinski definition) is 2. The number of nitrogens with one attached hydrogen (secondary N) is 1. The monoisotopic (exact) mass is 302 g/mol. The molecule has 0 spiro atoms. The maximum Gasteiger partial charge on any atom is 0.261 e. The molecule has 3 rings (SSSR count). The van der Waals surface area contributed by atoms with Crippen LogP contribution in [0.15, 0.2) is 36.4 Å². The molecular weight excluding hydrogens is 290 g/mol. The van der Waals surface area contributed by atoms with Crippen LogP contribution in [0.5, 0.6) is 0 Å². The van der Waals surface area contributed by atoms with Crippen LogP contribution >= 0.6 is 0 Å². The number of fused-ring (bicyclic) bond motifs is 1. The minimum Gasteiger partial charge on any atom is -0.322 e. The number of nitrogens with zero attached hydrogens (tertiary/aromatic N) is 1. The van der Waals surface area contributed by atoms with Crippen LogP contribution in [0.3, 0.4) is 0 Å². The highest BCUT2D eigenvalue weighted by Crippen LogP contribution is 2.30. The molecule has 6 heteroatoms. The van der Waals surface area contributed by atoms with Crippen molar-refractivity contribution in [2.75, 3.05) is 17.3 Å². The second-order valence-electron chi connectivity index (χ2n) is 5.02. The van der Waals surface area contributed by atoms with Crippen LogP contribution in [-0.2, 0) is 11.2 Å². The summed E-state index contributed by atoms with van der Waals surface area (Å²) < 4.78 is 27.1. The van der Waals surface area contributed by atoms with E-state index in [4.69, 9.17) is 0 Å². The standard InChI is InChI=1S/C16H12F2N2O2/c1-20-13-6-5-10(7-9(13)8-14(20)21)19-16(22)15-11(17)3-2-4-12(15)18/h2-7H,8H2,1H3,(H,19,22). The van der Waals surface area contributed by atoms with Gasteiger partial charge < -0.3 is 10.2 Å². The summed E-state index contributed by atoms with van der Waals surface area (Å²) in [6.45, 7) is 0. The van der Waals surface area contributed by atoms with Gasteiger partial charge in [0, 0.05) is 18.4 Å². The molecule has 0 saturated heterocycles. The topological polar surface area (TPSA) is 49.4 Å². The molecule has 0 aliphatic carbocycles. The number of benzene rings is 2. The van der Waals surface area contributed by atoms with E-state index in [1.54, 1.807) is 25.2 Å². The first-order valence-electron chi connectivity index (χ1n) is 6.62. The third kappa shape index (κ3) is 2.32. The zero-order chi connectivity index (χ0) is 15.9. The predicted octanol–water partition coefficient (Wildman–Crippen LogP) is 2.74. The highest BCUT2D eigenvalue weighted by atomic mass is 19.1. The minimum absolute atomic E-state index is 0.0429. The van der Waals surface area contributed by atoms with E-state index in [1.165, 1.54) is 11.0 Å². The first-order valence-corrected chi connectivity index (χ1v) is 6.62. The van der Waals surface area contributed by atoms with Crippen molar-refractivity contribution in [2.45, 2.75) is 6.42 Å².